The molecule has 1 aliphatic heterocycles. The molecule has 1 aromatic heterocycles. The molecule has 0 spiro atoms. The number of anilines is 2. The summed E-state index contributed by atoms with van der Waals surface area (Å²) in [5, 5.41) is 3.22. The van der Waals surface area contributed by atoms with Crippen LogP contribution in [0.25, 0.3) is 0 Å². The second-order valence-electron chi connectivity index (χ2n) is 6.02. The van der Waals surface area contributed by atoms with E-state index in [-0.39, 0.29) is 5.91 Å². The first-order valence-electron chi connectivity index (χ1n) is 8.15. The number of aromatic nitrogens is 2. The first kappa shape index (κ1) is 16.5. The molecule has 0 aromatic carbocycles. The summed E-state index contributed by atoms with van der Waals surface area (Å²) in [6.07, 6.45) is 4.31. The Morgan fingerprint density at radius 2 is 2.14 bits per heavy atom. The SMILES string of the molecule is CCN(C)c1cc(NCCC(=O)N2CCC(C)CC2)ncn1. The van der Waals surface area contributed by atoms with Gasteiger partial charge in [0.25, 0.3) is 0 Å². The third-order valence-corrected chi connectivity index (χ3v) is 4.30. The van der Waals surface area contributed by atoms with Crippen LogP contribution >= 0.6 is 0 Å². The number of carbonyl (C=O) groups is 1. The van der Waals surface area contributed by atoms with E-state index >= 15 is 0 Å². The summed E-state index contributed by atoms with van der Waals surface area (Å²) in [6, 6.07) is 1.91. The Hall–Kier alpha value is -1.85. The summed E-state index contributed by atoms with van der Waals surface area (Å²) >= 11 is 0. The maximum atomic E-state index is 12.2. The number of hydrogen-bond acceptors (Lipinski definition) is 5. The van der Waals surface area contributed by atoms with Crippen LogP contribution in [-0.4, -0.2) is 54.0 Å². The number of piperidine rings is 1. The zero-order chi connectivity index (χ0) is 15.9. The Labute approximate surface area is 132 Å². The second-order valence-corrected chi connectivity index (χ2v) is 6.02. The largest absolute Gasteiger partial charge is 0.369 e. The van der Waals surface area contributed by atoms with Crippen LogP contribution in [0.1, 0.15) is 33.1 Å². The Bertz CT molecular complexity index is 485. The molecule has 22 heavy (non-hydrogen) atoms. The van der Waals surface area contributed by atoms with Crippen LogP contribution in [0.3, 0.4) is 0 Å². The molecule has 1 N–H and O–H groups in total. The molecule has 122 valence electrons. The van der Waals surface area contributed by atoms with E-state index in [4.69, 9.17) is 0 Å². The van der Waals surface area contributed by atoms with Crippen molar-refractivity contribution in [2.45, 2.75) is 33.1 Å². The fourth-order valence-corrected chi connectivity index (χ4v) is 2.53. The maximum absolute atomic E-state index is 12.2. The van der Waals surface area contributed by atoms with Gasteiger partial charge in [0.2, 0.25) is 5.91 Å². The van der Waals surface area contributed by atoms with Gasteiger partial charge < -0.3 is 15.1 Å². The molecule has 1 fully saturated rings. The van der Waals surface area contributed by atoms with Crippen LogP contribution in [0.2, 0.25) is 0 Å². The Balaban J connectivity index is 1.77. The lowest BCUT2D eigenvalue weighted by Gasteiger charge is -2.30. The molecule has 1 aromatic rings. The highest BCUT2D eigenvalue weighted by atomic mass is 16.2. The van der Waals surface area contributed by atoms with E-state index in [0.29, 0.717) is 13.0 Å². The molecule has 6 heteroatoms. The van der Waals surface area contributed by atoms with Gasteiger partial charge in [-0.1, -0.05) is 6.92 Å². The Kier molecular flexibility index (Phi) is 5.98. The third kappa shape index (κ3) is 4.58. The highest BCUT2D eigenvalue weighted by molar-refractivity contribution is 5.76. The van der Waals surface area contributed by atoms with Gasteiger partial charge in [-0.05, 0) is 25.7 Å². The lowest BCUT2D eigenvalue weighted by molar-refractivity contribution is -0.132. The highest BCUT2D eigenvalue weighted by Gasteiger charge is 2.19. The minimum Gasteiger partial charge on any atom is -0.369 e. The van der Waals surface area contributed by atoms with Crippen LogP contribution in [0.5, 0.6) is 0 Å². The van der Waals surface area contributed by atoms with Gasteiger partial charge in [-0.25, -0.2) is 9.97 Å². The molecule has 0 radical (unpaired) electrons. The van der Waals surface area contributed by atoms with Crippen molar-refractivity contribution < 1.29 is 4.79 Å². The van der Waals surface area contributed by atoms with Crippen molar-refractivity contribution >= 4 is 17.5 Å². The topological polar surface area (TPSA) is 61.4 Å². The van der Waals surface area contributed by atoms with Gasteiger partial charge in [0.15, 0.2) is 0 Å². The summed E-state index contributed by atoms with van der Waals surface area (Å²) in [7, 11) is 1.99. The molecule has 0 aliphatic carbocycles. The van der Waals surface area contributed by atoms with E-state index in [9.17, 15) is 4.79 Å². The fourth-order valence-electron chi connectivity index (χ4n) is 2.53. The van der Waals surface area contributed by atoms with E-state index < -0.39 is 0 Å². The van der Waals surface area contributed by atoms with Gasteiger partial charge in [0.05, 0.1) is 0 Å². The monoisotopic (exact) mass is 305 g/mol. The number of rotatable bonds is 6. The maximum Gasteiger partial charge on any atom is 0.224 e. The minimum atomic E-state index is 0.236. The van der Waals surface area contributed by atoms with Gasteiger partial charge in [-0.15, -0.1) is 0 Å². The molecule has 1 saturated heterocycles. The first-order chi connectivity index (χ1) is 10.6. The number of likely N-dealkylation sites (tertiary alicyclic amines) is 1. The van der Waals surface area contributed by atoms with Crippen LogP contribution < -0.4 is 10.2 Å². The van der Waals surface area contributed by atoms with Crippen LogP contribution in [0.15, 0.2) is 12.4 Å². The van der Waals surface area contributed by atoms with E-state index in [2.05, 4.69) is 29.1 Å². The molecule has 2 heterocycles. The molecule has 0 unspecified atom stereocenters. The molecule has 0 saturated carbocycles. The zero-order valence-electron chi connectivity index (χ0n) is 13.9. The average molecular weight is 305 g/mol. The molecule has 0 atom stereocenters. The van der Waals surface area contributed by atoms with E-state index in [1.807, 2.05) is 22.9 Å². The van der Waals surface area contributed by atoms with Gasteiger partial charge in [-0.2, -0.15) is 0 Å². The Morgan fingerprint density at radius 3 is 2.82 bits per heavy atom. The standard InChI is InChI=1S/C16H27N5O/c1-4-20(3)15-11-14(18-12-19-15)17-8-5-16(22)21-9-6-13(2)7-10-21/h11-13H,4-10H2,1-3H3,(H,17,18,19). The summed E-state index contributed by atoms with van der Waals surface area (Å²) in [4.78, 5) is 24.6. The normalized spacial score (nSPS) is 15.7. The van der Waals surface area contributed by atoms with Gasteiger partial charge in [0.1, 0.15) is 18.0 Å². The van der Waals surface area contributed by atoms with E-state index in [1.54, 1.807) is 6.33 Å². The van der Waals surface area contributed by atoms with Gasteiger partial charge in [0, 0.05) is 45.7 Å². The molecule has 2 rings (SSSR count). The fraction of sp³-hybridized carbons (Fsp3) is 0.688. The predicted octanol–water partition coefficient (Wildman–Crippen LogP) is 1.99. The smallest absolute Gasteiger partial charge is 0.224 e. The summed E-state index contributed by atoms with van der Waals surface area (Å²) in [6.45, 7) is 7.63. The number of nitrogens with one attached hydrogen (secondary N) is 1. The number of amides is 1. The lowest BCUT2D eigenvalue weighted by atomic mass is 9.99. The van der Waals surface area contributed by atoms with Crippen molar-refractivity contribution in [3.05, 3.63) is 12.4 Å². The molecular weight excluding hydrogens is 278 g/mol. The van der Waals surface area contributed by atoms with Gasteiger partial charge in [-0.3, -0.25) is 4.79 Å². The zero-order valence-corrected chi connectivity index (χ0v) is 13.9. The van der Waals surface area contributed by atoms with Gasteiger partial charge >= 0.3 is 0 Å². The van der Waals surface area contributed by atoms with Crippen LogP contribution in [0, 0.1) is 5.92 Å². The van der Waals surface area contributed by atoms with Crippen LogP contribution in [0.4, 0.5) is 11.6 Å². The van der Waals surface area contributed by atoms with Crippen molar-refractivity contribution in [1.29, 1.82) is 0 Å². The average Bonchev–Trinajstić information content (AvgIpc) is 2.55. The predicted molar refractivity (Wildman–Crippen MR) is 89.1 cm³/mol. The first-order valence-corrected chi connectivity index (χ1v) is 8.15. The van der Waals surface area contributed by atoms with E-state index in [0.717, 1.165) is 50.0 Å². The minimum absolute atomic E-state index is 0.236. The molecule has 6 nitrogen and oxygen atoms in total. The molecule has 0 bridgehead atoms. The molecule has 1 amide bonds. The quantitative estimate of drug-likeness (QED) is 0.871. The molecule has 1 aliphatic rings. The summed E-state index contributed by atoms with van der Waals surface area (Å²) in [5.41, 5.74) is 0. The van der Waals surface area contributed by atoms with Crippen molar-refractivity contribution in [2.24, 2.45) is 5.92 Å². The second kappa shape index (κ2) is 7.96. The summed E-state index contributed by atoms with van der Waals surface area (Å²) < 4.78 is 0. The van der Waals surface area contributed by atoms with Crippen molar-refractivity contribution in [3.8, 4) is 0 Å². The summed E-state index contributed by atoms with van der Waals surface area (Å²) in [5.74, 6) is 2.64. The third-order valence-electron chi connectivity index (χ3n) is 4.30. The van der Waals surface area contributed by atoms with Crippen molar-refractivity contribution in [3.63, 3.8) is 0 Å². The lowest BCUT2D eigenvalue weighted by Crippen LogP contribution is -2.38. The number of nitrogens with zero attached hydrogens (tertiary/aromatic N) is 4. The number of carbonyl (C=O) groups excluding carboxylic acids is 1. The Morgan fingerprint density at radius 1 is 1.41 bits per heavy atom. The highest BCUT2D eigenvalue weighted by Crippen LogP contribution is 2.17. The molecular formula is C16H27N5O. The van der Waals surface area contributed by atoms with Crippen molar-refractivity contribution in [1.82, 2.24) is 14.9 Å². The van der Waals surface area contributed by atoms with Crippen molar-refractivity contribution in [2.75, 3.05) is 43.4 Å². The van der Waals surface area contributed by atoms with E-state index in [1.165, 1.54) is 0 Å². The number of hydrogen-bond donors (Lipinski definition) is 1. The van der Waals surface area contributed by atoms with Crippen LogP contribution in [-0.2, 0) is 4.79 Å².